The van der Waals surface area contributed by atoms with E-state index in [-0.39, 0.29) is 24.9 Å². The van der Waals surface area contributed by atoms with Gasteiger partial charge in [0.05, 0.1) is 19.0 Å². The Labute approximate surface area is 128 Å². The maximum Gasteiger partial charge on any atom is 0.315 e. The molecule has 7 heteroatoms. The van der Waals surface area contributed by atoms with Crippen molar-refractivity contribution >= 4 is 6.03 Å². The summed E-state index contributed by atoms with van der Waals surface area (Å²) in [5, 5.41) is 14.3. The minimum absolute atomic E-state index is 0.182. The van der Waals surface area contributed by atoms with E-state index >= 15 is 0 Å². The van der Waals surface area contributed by atoms with E-state index in [9.17, 15) is 9.18 Å². The van der Waals surface area contributed by atoms with Crippen molar-refractivity contribution in [3.05, 3.63) is 53.9 Å². The normalized spacial score (nSPS) is 12.0. The molecule has 0 aliphatic heterocycles. The molecule has 22 heavy (non-hydrogen) atoms. The third kappa shape index (κ3) is 4.85. The van der Waals surface area contributed by atoms with Gasteiger partial charge in [-0.05, 0) is 24.6 Å². The van der Waals surface area contributed by atoms with Crippen LogP contribution in [0.5, 0.6) is 0 Å². The van der Waals surface area contributed by atoms with Crippen LogP contribution in [0.4, 0.5) is 9.18 Å². The molecular weight excluding hydrogens is 287 g/mol. The molecule has 0 fully saturated rings. The number of rotatable bonds is 6. The average Bonchev–Trinajstić information content (AvgIpc) is 2.99. The van der Waals surface area contributed by atoms with Gasteiger partial charge in [-0.1, -0.05) is 6.07 Å². The third-order valence-corrected chi connectivity index (χ3v) is 3.03. The molecular formula is C15H19FN4O2. The fraction of sp³-hybridized carbons (Fsp3) is 0.333. The number of nitrogens with one attached hydrogen (secondary N) is 2. The molecule has 2 rings (SSSR count). The highest BCUT2D eigenvalue weighted by Gasteiger charge is 2.06. The summed E-state index contributed by atoms with van der Waals surface area (Å²) in [5.74, 6) is -0.295. The van der Waals surface area contributed by atoms with Gasteiger partial charge in [0.1, 0.15) is 5.82 Å². The second-order valence-corrected chi connectivity index (χ2v) is 5.07. The fourth-order valence-corrected chi connectivity index (χ4v) is 1.92. The van der Waals surface area contributed by atoms with Gasteiger partial charge in [-0.2, -0.15) is 0 Å². The number of benzene rings is 1. The first-order valence-corrected chi connectivity index (χ1v) is 6.97. The number of halogens is 1. The zero-order chi connectivity index (χ0) is 15.9. The predicted octanol–water partition coefficient (Wildman–Crippen LogP) is 1.25. The molecule has 3 N–H and O–H groups in total. The summed E-state index contributed by atoms with van der Waals surface area (Å²) in [6.45, 7) is 2.43. The summed E-state index contributed by atoms with van der Waals surface area (Å²) in [5.41, 5.74) is 1.32. The van der Waals surface area contributed by atoms with E-state index in [1.54, 1.807) is 42.3 Å². The molecule has 0 saturated carbocycles. The molecule has 1 atom stereocenters. The minimum atomic E-state index is -0.599. The van der Waals surface area contributed by atoms with Crippen molar-refractivity contribution in [2.75, 3.05) is 6.54 Å². The molecule has 2 amide bonds. The first-order valence-electron chi connectivity index (χ1n) is 6.97. The SMILES string of the molecule is CC(O)CNC(=O)NCc1ccc(F)c(Cn2ccnc2)c1. The average molecular weight is 306 g/mol. The van der Waals surface area contributed by atoms with Gasteiger partial charge < -0.3 is 20.3 Å². The lowest BCUT2D eigenvalue weighted by molar-refractivity contribution is 0.187. The Bertz CT molecular complexity index is 614. The van der Waals surface area contributed by atoms with E-state index in [0.717, 1.165) is 5.56 Å². The van der Waals surface area contributed by atoms with Gasteiger partial charge in [-0.15, -0.1) is 0 Å². The maximum atomic E-state index is 13.8. The molecule has 0 spiro atoms. The molecule has 0 aliphatic carbocycles. The topological polar surface area (TPSA) is 79.2 Å². The largest absolute Gasteiger partial charge is 0.392 e. The molecule has 118 valence electrons. The maximum absolute atomic E-state index is 13.8. The molecule has 2 aromatic rings. The fourth-order valence-electron chi connectivity index (χ4n) is 1.92. The Hall–Kier alpha value is -2.41. The van der Waals surface area contributed by atoms with Crippen LogP contribution >= 0.6 is 0 Å². The van der Waals surface area contributed by atoms with E-state index < -0.39 is 6.10 Å². The molecule has 6 nitrogen and oxygen atoms in total. The Kier molecular flexibility index (Phi) is 5.48. The number of hydrogen-bond donors (Lipinski definition) is 3. The molecule has 0 saturated heterocycles. The van der Waals surface area contributed by atoms with Crippen LogP contribution < -0.4 is 10.6 Å². The number of aromatic nitrogens is 2. The van der Waals surface area contributed by atoms with Gasteiger partial charge in [-0.3, -0.25) is 0 Å². The van der Waals surface area contributed by atoms with Crippen LogP contribution in [0.1, 0.15) is 18.1 Å². The first-order chi connectivity index (χ1) is 10.5. The van der Waals surface area contributed by atoms with Crippen molar-refractivity contribution in [2.24, 2.45) is 0 Å². The second kappa shape index (κ2) is 7.56. The van der Waals surface area contributed by atoms with E-state index in [0.29, 0.717) is 12.1 Å². The highest BCUT2D eigenvalue weighted by molar-refractivity contribution is 5.73. The van der Waals surface area contributed by atoms with Gasteiger partial charge in [0.15, 0.2) is 0 Å². The van der Waals surface area contributed by atoms with Gasteiger partial charge in [-0.25, -0.2) is 14.2 Å². The summed E-state index contributed by atoms with van der Waals surface area (Å²) in [7, 11) is 0. The van der Waals surface area contributed by atoms with Crippen molar-refractivity contribution in [3.8, 4) is 0 Å². The molecule has 1 unspecified atom stereocenters. The zero-order valence-corrected chi connectivity index (χ0v) is 12.3. The summed E-state index contributed by atoms with van der Waals surface area (Å²) < 4.78 is 15.6. The molecule has 0 aliphatic rings. The van der Waals surface area contributed by atoms with E-state index in [1.807, 2.05) is 0 Å². The zero-order valence-electron chi connectivity index (χ0n) is 12.3. The summed E-state index contributed by atoms with van der Waals surface area (Å²) in [4.78, 5) is 15.4. The van der Waals surface area contributed by atoms with Gasteiger partial charge >= 0.3 is 6.03 Å². The van der Waals surface area contributed by atoms with Crippen LogP contribution in [0.3, 0.4) is 0 Å². The van der Waals surface area contributed by atoms with E-state index in [4.69, 9.17) is 5.11 Å². The van der Waals surface area contributed by atoms with Crippen molar-refractivity contribution in [1.29, 1.82) is 0 Å². The van der Waals surface area contributed by atoms with Crippen LogP contribution in [0.25, 0.3) is 0 Å². The van der Waals surface area contributed by atoms with Crippen molar-refractivity contribution < 1.29 is 14.3 Å². The number of nitrogens with zero attached hydrogens (tertiary/aromatic N) is 2. The molecule has 1 heterocycles. The van der Waals surface area contributed by atoms with Crippen molar-refractivity contribution in [3.63, 3.8) is 0 Å². The molecule has 0 bridgehead atoms. The van der Waals surface area contributed by atoms with Crippen LogP contribution in [0.2, 0.25) is 0 Å². The van der Waals surface area contributed by atoms with Crippen LogP contribution in [0.15, 0.2) is 36.9 Å². The Morgan fingerprint density at radius 3 is 2.95 bits per heavy atom. The minimum Gasteiger partial charge on any atom is -0.392 e. The van der Waals surface area contributed by atoms with Gasteiger partial charge in [0.25, 0.3) is 0 Å². The Morgan fingerprint density at radius 1 is 1.45 bits per heavy atom. The predicted molar refractivity (Wildman–Crippen MR) is 79.6 cm³/mol. The summed E-state index contributed by atoms with van der Waals surface area (Å²) >= 11 is 0. The first kappa shape index (κ1) is 16.0. The number of amides is 2. The molecule has 0 radical (unpaired) electrons. The van der Waals surface area contributed by atoms with Gasteiger partial charge in [0, 0.05) is 31.0 Å². The molecule has 1 aromatic carbocycles. The molecule has 1 aromatic heterocycles. The van der Waals surface area contributed by atoms with E-state index in [1.165, 1.54) is 6.07 Å². The van der Waals surface area contributed by atoms with Crippen molar-refractivity contribution in [2.45, 2.75) is 26.1 Å². The summed E-state index contributed by atoms with van der Waals surface area (Å²) in [6.07, 6.45) is 4.41. The van der Waals surface area contributed by atoms with Crippen LogP contribution in [-0.4, -0.2) is 33.3 Å². The number of aliphatic hydroxyl groups is 1. The summed E-state index contributed by atoms with van der Waals surface area (Å²) in [6, 6.07) is 4.35. The number of carbonyl (C=O) groups excluding carboxylic acids is 1. The van der Waals surface area contributed by atoms with Gasteiger partial charge in [0.2, 0.25) is 0 Å². The second-order valence-electron chi connectivity index (χ2n) is 5.07. The van der Waals surface area contributed by atoms with E-state index in [2.05, 4.69) is 15.6 Å². The van der Waals surface area contributed by atoms with Crippen LogP contribution in [0, 0.1) is 5.82 Å². The standard InChI is InChI=1S/C15H19FN4O2/c1-11(21)7-18-15(22)19-8-12-2-3-14(16)13(6-12)9-20-5-4-17-10-20/h2-6,10-11,21H,7-9H2,1H3,(H2,18,19,22). The Morgan fingerprint density at radius 2 is 2.27 bits per heavy atom. The lowest BCUT2D eigenvalue weighted by Gasteiger charge is -2.10. The lowest BCUT2D eigenvalue weighted by Crippen LogP contribution is -2.38. The number of aliphatic hydroxyl groups excluding tert-OH is 1. The van der Waals surface area contributed by atoms with Crippen LogP contribution in [-0.2, 0) is 13.1 Å². The number of carbonyl (C=O) groups is 1. The highest BCUT2D eigenvalue weighted by Crippen LogP contribution is 2.12. The number of urea groups is 1. The van der Waals surface area contributed by atoms with Crippen molar-refractivity contribution in [1.82, 2.24) is 20.2 Å². The number of hydrogen-bond acceptors (Lipinski definition) is 3. The number of imidazole rings is 1. The highest BCUT2D eigenvalue weighted by atomic mass is 19.1. The Balaban J connectivity index is 1.93. The third-order valence-electron chi connectivity index (χ3n) is 3.03. The smallest absolute Gasteiger partial charge is 0.315 e. The lowest BCUT2D eigenvalue weighted by atomic mass is 10.1. The quantitative estimate of drug-likeness (QED) is 0.751. The monoisotopic (exact) mass is 306 g/mol.